The Hall–Kier alpha value is -5.34. The van der Waals surface area contributed by atoms with Gasteiger partial charge in [-0.15, -0.1) is 0 Å². The van der Waals surface area contributed by atoms with Crippen LogP contribution in [-0.4, -0.2) is 72.2 Å². The highest BCUT2D eigenvalue weighted by atomic mass is 32.2. The minimum atomic E-state index is -3.97. The third-order valence-corrected chi connectivity index (χ3v) is 8.74. The molecule has 5 amide bonds. The van der Waals surface area contributed by atoms with Crippen LogP contribution in [0.2, 0.25) is 0 Å². The lowest BCUT2D eigenvalue weighted by Gasteiger charge is -2.21. The van der Waals surface area contributed by atoms with Crippen LogP contribution in [0.1, 0.15) is 17.3 Å². The Morgan fingerprint density at radius 3 is 2.07 bits per heavy atom. The first-order valence-corrected chi connectivity index (χ1v) is 15.1. The summed E-state index contributed by atoms with van der Waals surface area (Å²) >= 11 is 0. The summed E-state index contributed by atoms with van der Waals surface area (Å²) in [6.07, 6.45) is 2.12. The van der Waals surface area contributed by atoms with Gasteiger partial charge in [-0.05, 0) is 37.3 Å². The monoisotopic (exact) mass is 631 g/mol. The van der Waals surface area contributed by atoms with Gasteiger partial charge >= 0.3 is 5.91 Å². The second-order valence-corrected chi connectivity index (χ2v) is 12.1. The maximum absolute atomic E-state index is 13.2. The number of nitrogens with zero attached hydrogens (tertiary/aromatic N) is 3. The Balaban J connectivity index is 1.36. The first-order chi connectivity index (χ1) is 21.3. The molecule has 0 atom stereocenters. The van der Waals surface area contributed by atoms with E-state index in [2.05, 4.69) is 10.0 Å². The lowest BCUT2D eigenvalue weighted by molar-refractivity contribution is -0.122. The molecule has 0 radical (unpaired) electrons. The molecule has 0 fully saturated rings. The second kappa shape index (κ2) is 12.0. The van der Waals surface area contributed by atoms with E-state index in [1.807, 2.05) is 31.1 Å². The van der Waals surface area contributed by atoms with Crippen molar-refractivity contribution in [3.05, 3.63) is 83.6 Å². The Labute approximate surface area is 258 Å². The lowest BCUT2D eigenvalue weighted by atomic mass is 10.1. The van der Waals surface area contributed by atoms with Crippen LogP contribution in [0.25, 0.3) is 10.8 Å². The average molecular weight is 632 g/mol. The number of methoxy groups -OCH3 is 1. The van der Waals surface area contributed by atoms with Gasteiger partial charge < -0.3 is 15.0 Å². The molecule has 0 bridgehead atoms. The van der Waals surface area contributed by atoms with E-state index in [-0.39, 0.29) is 46.3 Å². The molecular formula is C31H29N5O8S. The molecule has 0 saturated heterocycles. The zero-order valence-electron chi connectivity index (χ0n) is 24.8. The van der Waals surface area contributed by atoms with Crippen LogP contribution in [0.5, 0.6) is 0 Å². The molecule has 0 aromatic heterocycles. The molecular weight excluding hydrogens is 602 g/mol. The van der Waals surface area contributed by atoms with Gasteiger partial charge in [-0.3, -0.25) is 24.0 Å². The highest BCUT2D eigenvalue weighted by molar-refractivity contribution is 7.89. The predicted octanol–water partition coefficient (Wildman–Crippen LogP) is 1.84. The van der Waals surface area contributed by atoms with E-state index in [0.29, 0.717) is 5.39 Å². The summed E-state index contributed by atoms with van der Waals surface area (Å²) in [5.41, 5.74) is 0.820. The third-order valence-electron chi connectivity index (χ3n) is 7.22. The summed E-state index contributed by atoms with van der Waals surface area (Å²) in [5.74, 6) is -3.75. The smallest absolute Gasteiger partial charge is 0.300 e. The van der Waals surface area contributed by atoms with Crippen LogP contribution in [0.4, 0.5) is 17.1 Å². The first kappa shape index (κ1) is 31.1. The molecule has 0 aliphatic carbocycles. The van der Waals surface area contributed by atoms with E-state index in [1.165, 1.54) is 38.3 Å². The maximum Gasteiger partial charge on any atom is 0.300 e. The largest absolute Gasteiger partial charge is 0.491 e. The van der Waals surface area contributed by atoms with E-state index in [1.54, 1.807) is 18.2 Å². The molecule has 232 valence electrons. The Morgan fingerprint density at radius 1 is 0.844 bits per heavy atom. The summed E-state index contributed by atoms with van der Waals surface area (Å²) in [5, 5.41) is 3.89. The first-order valence-electron chi connectivity index (χ1n) is 13.7. The van der Waals surface area contributed by atoms with Crippen molar-refractivity contribution in [3.63, 3.8) is 0 Å². The van der Waals surface area contributed by atoms with Crippen molar-refractivity contribution in [1.29, 1.82) is 0 Å². The molecule has 0 saturated carbocycles. The molecule has 2 N–H and O–H groups in total. The number of fused-ring (bicyclic) bond motifs is 1. The van der Waals surface area contributed by atoms with Gasteiger partial charge in [0.1, 0.15) is 0 Å². The number of carbonyl (C=O) groups is 5. The van der Waals surface area contributed by atoms with Gasteiger partial charge in [0.15, 0.2) is 5.76 Å². The number of benzene rings is 3. The summed E-state index contributed by atoms with van der Waals surface area (Å²) in [6, 6.07) is 14.1. The van der Waals surface area contributed by atoms with E-state index >= 15 is 0 Å². The van der Waals surface area contributed by atoms with Gasteiger partial charge in [-0.25, -0.2) is 22.9 Å². The van der Waals surface area contributed by atoms with Gasteiger partial charge in [0.05, 0.1) is 29.5 Å². The summed E-state index contributed by atoms with van der Waals surface area (Å²) in [4.78, 5) is 67.5. The number of hydrogen-bond donors (Lipinski definition) is 2. The SMILES string of the molecule is COC1=CC(=O)N(c2cc(C(=O)NCCNS(=O)(=O)c3cccc4c(N(C)C)cccc34)cc(N3C(=O)C=C(C)C3=O)c2)C1=O. The standard InChI is InChI=1S/C31H29N5O8S/c1-18-13-27(37)35(30(18)40)20-14-19(15-21(16-20)36-28(38)17-25(44-4)31(36)41)29(39)32-11-12-33-45(42,43)26-10-6-7-22-23(26)8-5-9-24(22)34(2)3/h5-10,13-17,33H,11-12H2,1-4H3,(H,32,39). The van der Waals surface area contributed by atoms with Crippen molar-refractivity contribution >= 4 is 67.4 Å². The van der Waals surface area contributed by atoms with E-state index in [9.17, 15) is 32.4 Å². The van der Waals surface area contributed by atoms with Gasteiger partial charge in [-0.1, -0.05) is 24.3 Å². The van der Waals surface area contributed by atoms with Crippen molar-refractivity contribution < 1.29 is 37.1 Å². The van der Waals surface area contributed by atoms with Crippen LogP contribution >= 0.6 is 0 Å². The minimum absolute atomic E-state index is 0.0408. The molecule has 3 aromatic carbocycles. The van der Waals surface area contributed by atoms with Crippen molar-refractivity contribution in [2.45, 2.75) is 11.8 Å². The number of carbonyl (C=O) groups excluding carboxylic acids is 5. The number of imide groups is 2. The number of sulfonamides is 1. The number of rotatable bonds is 10. The Bertz CT molecular complexity index is 1970. The second-order valence-electron chi connectivity index (χ2n) is 10.4. The summed E-state index contributed by atoms with van der Waals surface area (Å²) in [6.45, 7) is 1.16. The molecule has 5 rings (SSSR count). The van der Waals surface area contributed by atoms with Crippen molar-refractivity contribution in [1.82, 2.24) is 10.0 Å². The summed E-state index contributed by atoms with van der Waals surface area (Å²) in [7, 11) is 0.980. The quantitative estimate of drug-likeness (QED) is 0.251. The minimum Gasteiger partial charge on any atom is -0.491 e. The number of amides is 5. The maximum atomic E-state index is 13.2. The fraction of sp³-hybridized carbons (Fsp3) is 0.194. The van der Waals surface area contributed by atoms with Crippen LogP contribution in [0.15, 0.2) is 83.0 Å². The molecule has 45 heavy (non-hydrogen) atoms. The Kier molecular flexibility index (Phi) is 8.28. The highest BCUT2D eigenvalue weighted by Gasteiger charge is 2.36. The van der Waals surface area contributed by atoms with Crippen LogP contribution in [0.3, 0.4) is 0 Å². The van der Waals surface area contributed by atoms with Crippen LogP contribution < -0.4 is 24.7 Å². The number of ether oxygens (including phenoxy) is 1. The molecule has 0 spiro atoms. The van der Waals surface area contributed by atoms with Gasteiger partial charge in [-0.2, -0.15) is 0 Å². The molecule has 2 heterocycles. The third kappa shape index (κ3) is 5.80. The van der Waals surface area contributed by atoms with Gasteiger partial charge in [0, 0.05) is 60.9 Å². The molecule has 2 aliphatic rings. The normalized spacial score (nSPS) is 15.1. The van der Waals surface area contributed by atoms with Crippen molar-refractivity contribution in [2.24, 2.45) is 0 Å². The van der Waals surface area contributed by atoms with Crippen molar-refractivity contribution in [2.75, 3.05) is 49.0 Å². The van der Waals surface area contributed by atoms with Crippen molar-refractivity contribution in [3.8, 4) is 0 Å². The van der Waals surface area contributed by atoms with E-state index in [0.717, 1.165) is 33.0 Å². The molecule has 0 unspecified atom stereocenters. The number of nitrogens with one attached hydrogen (secondary N) is 2. The zero-order chi connectivity index (χ0) is 32.6. The van der Waals surface area contributed by atoms with E-state index < -0.39 is 39.6 Å². The Morgan fingerprint density at radius 2 is 1.47 bits per heavy atom. The fourth-order valence-electron chi connectivity index (χ4n) is 5.09. The van der Waals surface area contributed by atoms with Gasteiger partial charge in [0.2, 0.25) is 10.0 Å². The summed E-state index contributed by atoms with van der Waals surface area (Å²) < 4.78 is 33.9. The topological polar surface area (TPSA) is 162 Å². The molecule has 14 heteroatoms. The average Bonchev–Trinajstić information content (AvgIpc) is 3.44. The predicted molar refractivity (Wildman–Crippen MR) is 166 cm³/mol. The number of hydrogen-bond acceptors (Lipinski definition) is 9. The van der Waals surface area contributed by atoms with E-state index in [4.69, 9.17) is 4.74 Å². The fourth-order valence-corrected chi connectivity index (χ4v) is 6.34. The van der Waals surface area contributed by atoms with Crippen LogP contribution in [0, 0.1) is 0 Å². The van der Waals surface area contributed by atoms with Gasteiger partial charge in [0.25, 0.3) is 23.6 Å². The number of anilines is 3. The molecule has 13 nitrogen and oxygen atoms in total. The zero-order valence-corrected chi connectivity index (χ0v) is 25.6. The lowest BCUT2D eigenvalue weighted by Crippen LogP contribution is -2.36. The molecule has 2 aliphatic heterocycles. The highest BCUT2D eigenvalue weighted by Crippen LogP contribution is 2.32. The molecule has 3 aromatic rings. The van der Waals surface area contributed by atoms with Crippen LogP contribution in [-0.2, 0) is 33.9 Å².